The van der Waals surface area contributed by atoms with Gasteiger partial charge in [-0.3, -0.25) is 4.40 Å². The summed E-state index contributed by atoms with van der Waals surface area (Å²) in [4.78, 5) is 16.6. The third kappa shape index (κ3) is 3.10. The topological polar surface area (TPSA) is 46.4 Å². The Labute approximate surface area is 166 Å². The van der Waals surface area contributed by atoms with E-state index >= 15 is 0 Å². The van der Waals surface area contributed by atoms with Gasteiger partial charge in [0.1, 0.15) is 23.6 Å². The molecule has 0 atom stereocenters. The van der Waals surface area contributed by atoms with Crippen LogP contribution in [0.5, 0.6) is 0 Å². The highest BCUT2D eigenvalue weighted by atomic mass is 32.1. The number of anilines is 2. The van der Waals surface area contributed by atoms with Gasteiger partial charge in [-0.25, -0.2) is 9.37 Å². The van der Waals surface area contributed by atoms with E-state index in [4.69, 9.17) is 4.98 Å². The predicted octanol–water partition coefficient (Wildman–Crippen LogP) is 5.61. The molecule has 0 aliphatic heterocycles. The number of carbonyl (C=O) groups is 1. The van der Waals surface area contributed by atoms with E-state index in [-0.39, 0.29) is 12.2 Å². The average molecular weight is 393 g/mol. The normalized spacial score (nSPS) is 11.1. The highest BCUT2D eigenvalue weighted by molar-refractivity contribution is 7.15. The largest absolute Gasteiger partial charge is 0.339 e. The van der Waals surface area contributed by atoms with E-state index in [2.05, 4.69) is 5.32 Å². The van der Waals surface area contributed by atoms with Crippen LogP contribution < -0.4 is 5.32 Å². The molecular formula is C22H20FN3OS. The van der Waals surface area contributed by atoms with Crippen molar-refractivity contribution < 1.29 is 9.18 Å². The Morgan fingerprint density at radius 1 is 1.18 bits per heavy atom. The fraction of sp³-hybridized carbons (Fsp3) is 0.182. The zero-order valence-electron chi connectivity index (χ0n) is 15.9. The number of aldehydes is 1. The lowest BCUT2D eigenvalue weighted by molar-refractivity contribution is -0.107. The summed E-state index contributed by atoms with van der Waals surface area (Å²) in [5.41, 5.74) is 5.90. The first kappa shape index (κ1) is 18.4. The summed E-state index contributed by atoms with van der Waals surface area (Å²) in [6, 6.07) is 11.1. The zero-order valence-corrected chi connectivity index (χ0v) is 16.7. The number of aryl methyl sites for hydroxylation is 3. The van der Waals surface area contributed by atoms with Crippen LogP contribution in [-0.2, 0) is 11.2 Å². The molecule has 6 heteroatoms. The van der Waals surface area contributed by atoms with E-state index in [1.54, 1.807) is 12.1 Å². The molecule has 0 amide bonds. The number of thiazole rings is 1. The van der Waals surface area contributed by atoms with E-state index in [0.717, 1.165) is 39.3 Å². The number of hydrogen-bond donors (Lipinski definition) is 1. The van der Waals surface area contributed by atoms with Crippen LogP contribution in [0.25, 0.3) is 16.2 Å². The molecule has 142 valence electrons. The zero-order chi connectivity index (χ0) is 19.8. The van der Waals surface area contributed by atoms with E-state index in [1.807, 2.05) is 48.8 Å². The number of rotatable bonds is 5. The minimum atomic E-state index is -0.321. The van der Waals surface area contributed by atoms with Gasteiger partial charge in [0.2, 0.25) is 0 Å². The maximum atomic E-state index is 14.7. The van der Waals surface area contributed by atoms with Crippen LogP contribution in [0.4, 0.5) is 15.9 Å². The van der Waals surface area contributed by atoms with Gasteiger partial charge in [0, 0.05) is 28.7 Å². The molecule has 4 rings (SSSR count). The highest BCUT2D eigenvalue weighted by Gasteiger charge is 2.21. The van der Waals surface area contributed by atoms with Crippen LogP contribution in [0.15, 0.2) is 41.8 Å². The third-order valence-electron chi connectivity index (χ3n) is 4.83. The number of nitrogens with zero attached hydrogens (tertiary/aromatic N) is 2. The molecule has 0 radical (unpaired) electrons. The third-order valence-corrected chi connectivity index (χ3v) is 5.70. The molecule has 0 aliphatic rings. The summed E-state index contributed by atoms with van der Waals surface area (Å²) in [5.74, 6) is 0.354. The smallest absolute Gasteiger partial charge is 0.196 e. The van der Waals surface area contributed by atoms with E-state index < -0.39 is 0 Å². The number of benzene rings is 2. The number of para-hydroxylation sites is 1. The quantitative estimate of drug-likeness (QED) is 0.448. The van der Waals surface area contributed by atoms with Crippen molar-refractivity contribution in [2.24, 2.45) is 0 Å². The van der Waals surface area contributed by atoms with Gasteiger partial charge in [-0.15, -0.1) is 11.3 Å². The van der Waals surface area contributed by atoms with Crippen molar-refractivity contribution in [2.75, 3.05) is 5.32 Å². The van der Waals surface area contributed by atoms with Crippen LogP contribution in [0.2, 0.25) is 0 Å². The molecule has 0 fully saturated rings. The maximum Gasteiger partial charge on any atom is 0.196 e. The molecule has 0 aliphatic carbocycles. The summed E-state index contributed by atoms with van der Waals surface area (Å²) >= 11 is 1.44. The minimum Gasteiger partial charge on any atom is -0.339 e. The fourth-order valence-corrected chi connectivity index (χ4v) is 4.30. The van der Waals surface area contributed by atoms with Gasteiger partial charge in [0.15, 0.2) is 4.96 Å². The molecular weight excluding hydrogens is 373 g/mol. The first-order chi connectivity index (χ1) is 13.5. The van der Waals surface area contributed by atoms with Crippen molar-refractivity contribution in [1.29, 1.82) is 0 Å². The second-order valence-corrected chi connectivity index (χ2v) is 7.74. The van der Waals surface area contributed by atoms with Gasteiger partial charge in [-0.05, 0) is 44.0 Å². The summed E-state index contributed by atoms with van der Waals surface area (Å²) in [6.07, 6.45) is 1.14. The van der Waals surface area contributed by atoms with Crippen molar-refractivity contribution in [2.45, 2.75) is 27.2 Å². The Balaban J connectivity index is 1.99. The summed E-state index contributed by atoms with van der Waals surface area (Å²) < 4.78 is 16.6. The molecule has 0 saturated carbocycles. The van der Waals surface area contributed by atoms with Gasteiger partial charge in [-0.1, -0.05) is 29.8 Å². The second-order valence-electron chi connectivity index (χ2n) is 6.90. The van der Waals surface area contributed by atoms with Gasteiger partial charge in [0.25, 0.3) is 0 Å². The first-order valence-electron chi connectivity index (χ1n) is 9.02. The number of hydrogen-bond acceptors (Lipinski definition) is 4. The number of aromatic nitrogens is 2. The number of halogens is 1. The van der Waals surface area contributed by atoms with Crippen molar-refractivity contribution in [3.8, 4) is 11.3 Å². The molecule has 0 unspecified atom stereocenters. The molecule has 28 heavy (non-hydrogen) atoms. The Bertz CT molecular complexity index is 1170. The predicted molar refractivity (Wildman–Crippen MR) is 112 cm³/mol. The van der Waals surface area contributed by atoms with Crippen molar-refractivity contribution in [3.05, 3.63) is 70.0 Å². The van der Waals surface area contributed by atoms with E-state index in [9.17, 15) is 9.18 Å². The molecule has 2 heterocycles. The highest BCUT2D eigenvalue weighted by Crippen LogP contribution is 2.37. The van der Waals surface area contributed by atoms with Crippen LogP contribution >= 0.6 is 11.3 Å². The lowest BCUT2D eigenvalue weighted by Gasteiger charge is -2.14. The lowest BCUT2D eigenvalue weighted by Crippen LogP contribution is -2.03. The SMILES string of the molecule is Cc1ccc(F)c(-c2nc3scc(CC=O)n3c2Nc2c(C)cccc2C)c1. The lowest BCUT2D eigenvalue weighted by atomic mass is 10.1. The number of imidazole rings is 1. The Morgan fingerprint density at radius 2 is 1.93 bits per heavy atom. The first-order valence-corrected chi connectivity index (χ1v) is 9.89. The molecule has 0 bridgehead atoms. The van der Waals surface area contributed by atoms with Crippen molar-refractivity contribution >= 4 is 34.1 Å². The monoisotopic (exact) mass is 393 g/mol. The summed E-state index contributed by atoms with van der Waals surface area (Å²) in [6.45, 7) is 5.98. The number of carbonyl (C=O) groups excluding carboxylic acids is 1. The number of nitrogens with one attached hydrogen (secondary N) is 1. The molecule has 0 spiro atoms. The Morgan fingerprint density at radius 3 is 2.64 bits per heavy atom. The minimum absolute atomic E-state index is 0.271. The second kappa shape index (κ2) is 7.20. The van der Waals surface area contributed by atoms with Crippen LogP contribution in [0.3, 0.4) is 0 Å². The fourth-order valence-electron chi connectivity index (χ4n) is 3.40. The maximum absolute atomic E-state index is 14.7. The Hall–Kier alpha value is -2.99. The molecule has 4 aromatic rings. The summed E-state index contributed by atoms with van der Waals surface area (Å²) in [5, 5.41) is 5.41. The summed E-state index contributed by atoms with van der Waals surface area (Å²) in [7, 11) is 0. The van der Waals surface area contributed by atoms with Gasteiger partial charge in [0.05, 0.1) is 0 Å². The van der Waals surface area contributed by atoms with Gasteiger partial charge in [-0.2, -0.15) is 0 Å². The average Bonchev–Trinajstić information content (AvgIpc) is 3.21. The molecule has 2 aromatic carbocycles. The molecule has 0 saturated heterocycles. The van der Waals surface area contributed by atoms with E-state index in [1.165, 1.54) is 17.4 Å². The number of fused-ring (bicyclic) bond motifs is 1. The van der Waals surface area contributed by atoms with Crippen LogP contribution in [0, 0.1) is 26.6 Å². The molecule has 2 aromatic heterocycles. The van der Waals surface area contributed by atoms with Crippen molar-refractivity contribution in [1.82, 2.24) is 9.38 Å². The van der Waals surface area contributed by atoms with Gasteiger partial charge >= 0.3 is 0 Å². The molecule has 4 nitrogen and oxygen atoms in total. The van der Waals surface area contributed by atoms with Gasteiger partial charge < -0.3 is 10.1 Å². The Kier molecular flexibility index (Phi) is 4.73. The van der Waals surface area contributed by atoms with Crippen LogP contribution in [-0.4, -0.2) is 15.7 Å². The van der Waals surface area contributed by atoms with Crippen molar-refractivity contribution in [3.63, 3.8) is 0 Å². The van der Waals surface area contributed by atoms with E-state index in [0.29, 0.717) is 17.1 Å². The standard InChI is InChI=1S/C22H20FN3OS/c1-13-7-8-18(23)17(11-13)20-21(24-19-14(2)5-4-6-15(19)3)26-16(9-10-27)12-28-22(26)25-20/h4-8,10-12,24H,9H2,1-3H3. The van der Waals surface area contributed by atoms with Crippen LogP contribution in [0.1, 0.15) is 22.4 Å². The molecule has 1 N–H and O–H groups in total.